The molecule has 0 bridgehead atoms. The van der Waals surface area contributed by atoms with Crippen LogP contribution >= 0.6 is 0 Å². The van der Waals surface area contributed by atoms with Crippen molar-refractivity contribution in [2.24, 2.45) is 0 Å². The number of nitrogens with zero attached hydrogens (tertiary/aromatic N) is 1. The molecule has 11 heteroatoms. The topological polar surface area (TPSA) is 131 Å². The molecule has 2 unspecified atom stereocenters. The van der Waals surface area contributed by atoms with Crippen LogP contribution in [0.5, 0.6) is 0 Å². The Kier molecular flexibility index (Phi) is 11.2. The highest BCUT2D eigenvalue weighted by molar-refractivity contribution is 7.96. The molecule has 226 valence electrons. The molecular weight excluding hydrogens is 570 g/mol. The van der Waals surface area contributed by atoms with E-state index in [4.69, 9.17) is 9.47 Å². The maximum atomic E-state index is 13.7. The van der Waals surface area contributed by atoms with Crippen molar-refractivity contribution < 1.29 is 32.3 Å². The molecular formula is C32H35N3O7S. The summed E-state index contributed by atoms with van der Waals surface area (Å²) < 4.78 is 37.5. The number of hydrogen-bond donors (Lipinski definition) is 2. The van der Waals surface area contributed by atoms with Gasteiger partial charge in [-0.05, 0) is 23.3 Å². The highest BCUT2D eigenvalue weighted by Crippen LogP contribution is 2.20. The van der Waals surface area contributed by atoms with Gasteiger partial charge in [-0.15, -0.1) is 0 Å². The first-order chi connectivity index (χ1) is 20.8. The maximum absolute atomic E-state index is 13.7. The summed E-state index contributed by atoms with van der Waals surface area (Å²) in [6, 6.07) is 22.9. The fourth-order valence-corrected chi connectivity index (χ4v) is 5.67. The van der Waals surface area contributed by atoms with E-state index in [2.05, 4.69) is 17.2 Å². The lowest BCUT2D eigenvalue weighted by Crippen LogP contribution is -2.57. The number of carbonyl (C=O) groups excluding carboxylic acids is 3. The molecule has 43 heavy (non-hydrogen) atoms. The van der Waals surface area contributed by atoms with Crippen LogP contribution in [0, 0.1) is 0 Å². The Hall–Kier alpha value is -4.32. The minimum Gasteiger partial charge on any atom is -0.378 e. The van der Waals surface area contributed by atoms with Crippen LogP contribution in [0.25, 0.3) is 0 Å². The highest BCUT2D eigenvalue weighted by atomic mass is 32.2. The minimum atomic E-state index is -4.24. The fraction of sp³-hybridized carbons (Fsp3) is 0.281. The molecule has 4 rings (SSSR count). The zero-order valence-corrected chi connectivity index (χ0v) is 24.5. The average Bonchev–Trinajstić information content (AvgIpc) is 3.05. The Labute approximate surface area is 251 Å². The Balaban J connectivity index is 1.55. The molecule has 1 heterocycles. The number of benzene rings is 3. The number of morpholine rings is 1. The number of carbonyl (C=O) groups is 3. The number of hydrogen-bond acceptors (Lipinski definition) is 7. The largest absolute Gasteiger partial charge is 0.378 e. The summed E-state index contributed by atoms with van der Waals surface area (Å²) >= 11 is 0. The molecule has 2 N–H and O–H groups in total. The number of rotatable bonds is 13. The summed E-state index contributed by atoms with van der Waals surface area (Å²) in [6.07, 6.45) is 0.137. The maximum Gasteiger partial charge on any atom is 0.318 e. The second-order valence-corrected chi connectivity index (χ2v) is 11.9. The molecule has 0 radical (unpaired) electrons. The van der Waals surface area contributed by atoms with Gasteiger partial charge in [0.15, 0.2) is 5.78 Å². The Bertz CT molecular complexity index is 1490. The van der Waals surface area contributed by atoms with E-state index >= 15 is 0 Å². The molecule has 1 aliphatic rings. The molecule has 0 saturated carbocycles. The molecule has 10 nitrogen and oxygen atoms in total. The third-order valence-corrected chi connectivity index (χ3v) is 8.62. The minimum absolute atomic E-state index is 0.0941. The van der Waals surface area contributed by atoms with E-state index in [-0.39, 0.29) is 24.5 Å². The summed E-state index contributed by atoms with van der Waals surface area (Å²) in [5, 5.41) is 5.41. The van der Waals surface area contributed by atoms with Crippen molar-refractivity contribution in [1.29, 1.82) is 0 Å². The lowest BCUT2D eigenvalue weighted by atomic mass is 10.0. The van der Waals surface area contributed by atoms with Gasteiger partial charge in [0, 0.05) is 19.5 Å². The number of nitrogens with one attached hydrogen (secondary N) is 2. The quantitative estimate of drug-likeness (QED) is 0.287. The fourth-order valence-electron chi connectivity index (χ4n) is 4.46. The van der Waals surface area contributed by atoms with Gasteiger partial charge in [-0.2, -0.15) is 0 Å². The molecule has 0 aliphatic carbocycles. The van der Waals surface area contributed by atoms with Crippen LogP contribution in [-0.2, 0) is 41.9 Å². The molecule has 3 amide bonds. The Morgan fingerprint density at radius 3 is 1.98 bits per heavy atom. The van der Waals surface area contributed by atoms with Gasteiger partial charge in [0.05, 0.1) is 31.3 Å². The lowest BCUT2D eigenvalue weighted by molar-refractivity contribution is -0.128. The predicted octanol–water partition coefficient (Wildman–Crippen LogP) is 2.90. The normalized spacial score (nSPS) is 14.7. The summed E-state index contributed by atoms with van der Waals surface area (Å²) in [4.78, 5) is 41.1. The smallest absolute Gasteiger partial charge is 0.318 e. The lowest BCUT2D eigenvalue weighted by Gasteiger charge is -2.29. The standard InChI is InChI=1S/C32H35N3O7S/c1-24(43(39,40)27-15-9-4-10-16-27)30(36)29(23-42-22-26-13-7-3-8-14-26)33-31(37)28(21-25-11-5-2-6-12-25)34-32(38)35-17-19-41-20-18-35/h2-16,28-29H,1,17-23H2,(H,33,37)(H,34,38). The van der Waals surface area contributed by atoms with E-state index in [1.54, 1.807) is 11.0 Å². The van der Waals surface area contributed by atoms with Gasteiger partial charge in [-0.1, -0.05) is 85.4 Å². The van der Waals surface area contributed by atoms with Crippen molar-refractivity contribution in [1.82, 2.24) is 15.5 Å². The summed E-state index contributed by atoms with van der Waals surface area (Å²) in [5.41, 5.74) is 1.61. The molecule has 2 atom stereocenters. The third kappa shape index (κ3) is 8.84. The molecule has 3 aromatic rings. The van der Waals surface area contributed by atoms with Gasteiger partial charge >= 0.3 is 6.03 Å². The first-order valence-corrected chi connectivity index (χ1v) is 15.4. The molecule has 1 fully saturated rings. The van der Waals surface area contributed by atoms with Crippen LogP contribution in [-0.4, -0.2) is 76.0 Å². The van der Waals surface area contributed by atoms with Crippen molar-refractivity contribution >= 4 is 27.6 Å². The van der Waals surface area contributed by atoms with Crippen LogP contribution in [0.3, 0.4) is 0 Å². The number of ether oxygens (including phenoxy) is 2. The second kappa shape index (κ2) is 15.2. The van der Waals surface area contributed by atoms with Gasteiger partial charge in [0.1, 0.15) is 17.0 Å². The van der Waals surface area contributed by atoms with E-state index in [9.17, 15) is 22.8 Å². The second-order valence-electron chi connectivity index (χ2n) is 9.96. The van der Waals surface area contributed by atoms with Crippen LogP contribution in [0.2, 0.25) is 0 Å². The van der Waals surface area contributed by atoms with Crippen LogP contribution in [0.4, 0.5) is 4.79 Å². The van der Waals surface area contributed by atoms with Crippen molar-refractivity contribution in [2.45, 2.75) is 30.0 Å². The van der Waals surface area contributed by atoms with Crippen LogP contribution in [0.15, 0.2) is 107 Å². The van der Waals surface area contributed by atoms with Crippen molar-refractivity contribution in [3.63, 3.8) is 0 Å². The number of urea groups is 1. The third-order valence-electron chi connectivity index (χ3n) is 6.88. The monoisotopic (exact) mass is 605 g/mol. The summed E-state index contributed by atoms with van der Waals surface area (Å²) in [5.74, 6) is -1.58. The zero-order chi connectivity index (χ0) is 30.7. The molecule has 0 spiro atoms. The summed E-state index contributed by atoms with van der Waals surface area (Å²) in [7, 11) is -4.24. The van der Waals surface area contributed by atoms with Gasteiger partial charge in [0.2, 0.25) is 15.7 Å². The van der Waals surface area contributed by atoms with Gasteiger partial charge < -0.3 is 25.0 Å². The van der Waals surface area contributed by atoms with Gasteiger partial charge in [-0.3, -0.25) is 9.59 Å². The van der Waals surface area contributed by atoms with E-state index in [0.717, 1.165) is 11.1 Å². The molecule has 1 saturated heterocycles. The first-order valence-electron chi connectivity index (χ1n) is 13.9. The number of sulfone groups is 1. The van der Waals surface area contributed by atoms with Crippen molar-refractivity contribution in [2.75, 3.05) is 32.9 Å². The predicted molar refractivity (Wildman–Crippen MR) is 161 cm³/mol. The molecule has 0 aromatic heterocycles. The summed E-state index contributed by atoms with van der Waals surface area (Å²) in [6.45, 7) is 4.90. The van der Waals surface area contributed by atoms with E-state index in [1.807, 2.05) is 60.7 Å². The first kappa shape index (κ1) is 31.6. The van der Waals surface area contributed by atoms with Crippen LogP contribution in [0.1, 0.15) is 11.1 Å². The Morgan fingerprint density at radius 2 is 1.37 bits per heavy atom. The zero-order valence-electron chi connectivity index (χ0n) is 23.7. The molecule has 1 aliphatic heterocycles. The van der Waals surface area contributed by atoms with E-state index < -0.39 is 44.5 Å². The number of ketones is 1. The highest BCUT2D eigenvalue weighted by Gasteiger charge is 2.34. The SMILES string of the molecule is C=C(C(=O)C(COCc1ccccc1)NC(=O)C(Cc1ccccc1)NC(=O)N1CCOCC1)S(=O)(=O)c1ccccc1. The number of Topliss-reactive ketones (excluding diaryl/α,β-unsaturated/α-hetero) is 1. The average molecular weight is 606 g/mol. The van der Waals surface area contributed by atoms with Crippen LogP contribution < -0.4 is 10.6 Å². The van der Waals surface area contributed by atoms with Gasteiger partial charge in [-0.25, -0.2) is 13.2 Å². The van der Waals surface area contributed by atoms with Crippen molar-refractivity contribution in [3.8, 4) is 0 Å². The van der Waals surface area contributed by atoms with E-state index in [1.165, 1.54) is 24.3 Å². The number of amides is 3. The van der Waals surface area contributed by atoms with E-state index in [0.29, 0.717) is 26.3 Å². The Morgan fingerprint density at radius 1 is 0.814 bits per heavy atom. The van der Waals surface area contributed by atoms with Crippen molar-refractivity contribution in [3.05, 3.63) is 114 Å². The molecule has 3 aromatic carbocycles. The van der Waals surface area contributed by atoms with Gasteiger partial charge in [0.25, 0.3) is 0 Å².